The quantitative estimate of drug-likeness (QED) is 0.681. The van der Waals surface area contributed by atoms with Crippen molar-refractivity contribution >= 4 is 6.03 Å². The maximum atomic E-state index is 10.5. The molecule has 0 aliphatic carbocycles. The Morgan fingerprint density at radius 3 is 2.92 bits per heavy atom. The Balaban J connectivity index is 2.65. The Morgan fingerprint density at radius 2 is 2.42 bits per heavy atom. The molecule has 0 aromatic carbocycles. The molecule has 4 nitrogen and oxygen atoms in total. The van der Waals surface area contributed by atoms with E-state index in [0.29, 0.717) is 0 Å². The van der Waals surface area contributed by atoms with Gasteiger partial charge in [0.05, 0.1) is 11.7 Å². The van der Waals surface area contributed by atoms with E-state index < -0.39 is 6.03 Å². The van der Waals surface area contributed by atoms with Crippen molar-refractivity contribution in [3.05, 3.63) is 30.1 Å². The van der Waals surface area contributed by atoms with Crippen LogP contribution in [0, 0.1) is 0 Å². The molecule has 0 aliphatic rings. The Hall–Kier alpha value is -1.58. The minimum absolute atomic E-state index is 0.135. The van der Waals surface area contributed by atoms with Crippen molar-refractivity contribution in [2.24, 2.45) is 5.73 Å². The molecule has 1 atom stereocenters. The van der Waals surface area contributed by atoms with Gasteiger partial charge in [0, 0.05) is 6.20 Å². The van der Waals surface area contributed by atoms with E-state index in [1.54, 1.807) is 6.20 Å². The summed E-state index contributed by atoms with van der Waals surface area (Å²) in [6, 6.07) is 4.85. The number of pyridine rings is 1. The number of hydrogen-bond donors (Lipinski definition) is 2. The monoisotopic (exact) mass is 165 g/mol. The summed E-state index contributed by atoms with van der Waals surface area (Å²) < 4.78 is 0. The number of nitrogens with zero attached hydrogens (tertiary/aromatic N) is 1. The average molecular weight is 165 g/mol. The molecule has 0 spiro atoms. The Labute approximate surface area is 70.8 Å². The molecule has 1 heterocycles. The van der Waals surface area contributed by atoms with Gasteiger partial charge in [0.2, 0.25) is 0 Å². The summed E-state index contributed by atoms with van der Waals surface area (Å²) in [7, 11) is 0. The Kier molecular flexibility index (Phi) is 2.63. The van der Waals surface area contributed by atoms with Crippen LogP contribution in [0.2, 0.25) is 0 Å². The molecule has 1 aromatic rings. The molecule has 2 amide bonds. The third-order valence-corrected chi connectivity index (χ3v) is 1.49. The van der Waals surface area contributed by atoms with Crippen LogP contribution in [-0.4, -0.2) is 11.0 Å². The molecule has 0 aliphatic heterocycles. The summed E-state index contributed by atoms with van der Waals surface area (Å²) in [5, 5.41) is 2.54. The molecule has 0 saturated heterocycles. The first kappa shape index (κ1) is 8.52. The van der Waals surface area contributed by atoms with E-state index in [4.69, 9.17) is 5.73 Å². The van der Waals surface area contributed by atoms with Gasteiger partial charge in [-0.05, 0) is 19.1 Å². The van der Waals surface area contributed by atoms with Gasteiger partial charge in [0.15, 0.2) is 0 Å². The van der Waals surface area contributed by atoms with Crippen molar-refractivity contribution in [1.29, 1.82) is 0 Å². The lowest BCUT2D eigenvalue weighted by atomic mass is 10.2. The van der Waals surface area contributed by atoms with Gasteiger partial charge in [-0.15, -0.1) is 0 Å². The van der Waals surface area contributed by atoms with Crippen LogP contribution in [0.15, 0.2) is 24.4 Å². The third-order valence-electron chi connectivity index (χ3n) is 1.49. The molecular weight excluding hydrogens is 154 g/mol. The standard InChI is InChI=1S/C8H11N3O/c1-6(11-8(9)12)7-4-2-3-5-10-7/h2-6H,1H3,(H3,9,11,12)/t6-/m1/s1. The van der Waals surface area contributed by atoms with Gasteiger partial charge in [0.25, 0.3) is 0 Å². The van der Waals surface area contributed by atoms with Crippen molar-refractivity contribution in [3.63, 3.8) is 0 Å². The molecule has 0 fully saturated rings. The van der Waals surface area contributed by atoms with Crippen LogP contribution in [0.4, 0.5) is 4.79 Å². The third kappa shape index (κ3) is 2.23. The SMILES string of the molecule is C[C@@H](NC(N)=O)c1ccccn1. The van der Waals surface area contributed by atoms with Gasteiger partial charge < -0.3 is 11.1 Å². The highest BCUT2D eigenvalue weighted by Gasteiger charge is 2.06. The van der Waals surface area contributed by atoms with Crippen molar-refractivity contribution in [2.45, 2.75) is 13.0 Å². The number of primary amides is 1. The van der Waals surface area contributed by atoms with E-state index >= 15 is 0 Å². The second kappa shape index (κ2) is 3.71. The van der Waals surface area contributed by atoms with Crippen molar-refractivity contribution in [3.8, 4) is 0 Å². The first-order chi connectivity index (χ1) is 5.70. The second-order valence-electron chi connectivity index (χ2n) is 2.48. The number of aromatic nitrogens is 1. The molecule has 0 radical (unpaired) electrons. The summed E-state index contributed by atoms with van der Waals surface area (Å²) in [4.78, 5) is 14.5. The van der Waals surface area contributed by atoms with E-state index in [1.807, 2.05) is 25.1 Å². The molecule has 0 bridgehead atoms. The molecule has 4 heteroatoms. The molecule has 64 valence electrons. The highest BCUT2D eigenvalue weighted by molar-refractivity contribution is 5.72. The van der Waals surface area contributed by atoms with Gasteiger partial charge in [-0.1, -0.05) is 6.07 Å². The first-order valence-electron chi connectivity index (χ1n) is 3.67. The lowest BCUT2D eigenvalue weighted by Gasteiger charge is -2.10. The number of carbonyl (C=O) groups is 1. The highest BCUT2D eigenvalue weighted by Crippen LogP contribution is 2.06. The van der Waals surface area contributed by atoms with Crippen molar-refractivity contribution < 1.29 is 4.79 Å². The van der Waals surface area contributed by atoms with E-state index in [1.165, 1.54) is 0 Å². The summed E-state index contributed by atoms with van der Waals surface area (Å²) in [5.74, 6) is 0. The minimum atomic E-state index is -0.534. The zero-order valence-electron chi connectivity index (χ0n) is 6.82. The smallest absolute Gasteiger partial charge is 0.312 e. The molecule has 0 saturated carbocycles. The van der Waals surface area contributed by atoms with Crippen LogP contribution in [0.1, 0.15) is 18.7 Å². The van der Waals surface area contributed by atoms with Crippen LogP contribution >= 0.6 is 0 Å². The normalized spacial score (nSPS) is 12.1. The number of hydrogen-bond acceptors (Lipinski definition) is 2. The highest BCUT2D eigenvalue weighted by atomic mass is 16.2. The lowest BCUT2D eigenvalue weighted by Crippen LogP contribution is -2.32. The predicted octanol–water partition coefficient (Wildman–Crippen LogP) is 0.811. The van der Waals surface area contributed by atoms with Crippen LogP contribution in [0.3, 0.4) is 0 Å². The van der Waals surface area contributed by atoms with Crippen LogP contribution in [0.5, 0.6) is 0 Å². The molecule has 12 heavy (non-hydrogen) atoms. The molecule has 0 unspecified atom stereocenters. The summed E-state index contributed by atoms with van der Waals surface area (Å²) in [6.45, 7) is 1.83. The van der Waals surface area contributed by atoms with E-state index in [-0.39, 0.29) is 6.04 Å². The van der Waals surface area contributed by atoms with E-state index in [2.05, 4.69) is 10.3 Å². The fourth-order valence-corrected chi connectivity index (χ4v) is 0.919. The maximum Gasteiger partial charge on any atom is 0.312 e. The zero-order chi connectivity index (χ0) is 8.97. The minimum Gasteiger partial charge on any atom is -0.352 e. The maximum absolute atomic E-state index is 10.5. The van der Waals surface area contributed by atoms with Gasteiger partial charge in [-0.25, -0.2) is 4.79 Å². The number of urea groups is 1. The predicted molar refractivity (Wildman–Crippen MR) is 45.4 cm³/mol. The van der Waals surface area contributed by atoms with Gasteiger partial charge >= 0.3 is 6.03 Å². The molecule has 1 aromatic heterocycles. The Morgan fingerprint density at radius 1 is 1.67 bits per heavy atom. The van der Waals surface area contributed by atoms with Crippen LogP contribution in [-0.2, 0) is 0 Å². The summed E-state index contributed by atoms with van der Waals surface area (Å²) in [6.07, 6.45) is 1.68. The summed E-state index contributed by atoms with van der Waals surface area (Å²) in [5.41, 5.74) is 5.76. The van der Waals surface area contributed by atoms with E-state index in [9.17, 15) is 4.79 Å². The number of nitrogens with one attached hydrogen (secondary N) is 1. The molecule has 3 N–H and O–H groups in total. The van der Waals surface area contributed by atoms with Gasteiger partial charge in [-0.2, -0.15) is 0 Å². The van der Waals surface area contributed by atoms with Crippen LogP contribution < -0.4 is 11.1 Å². The number of amides is 2. The Bertz CT molecular complexity index is 260. The fraction of sp³-hybridized carbons (Fsp3) is 0.250. The topological polar surface area (TPSA) is 68.0 Å². The van der Waals surface area contributed by atoms with E-state index in [0.717, 1.165) is 5.69 Å². The van der Waals surface area contributed by atoms with Crippen molar-refractivity contribution in [1.82, 2.24) is 10.3 Å². The average Bonchev–Trinajstić information content (AvgIpc) is 2.05. The summed E-state index contributed by atoms with van der Waals surface area (Å²) >= 11 is 0. The largest absolute Gasteiger partial charge is 0.352 e. The van der Waals surface area contributed by atoms with Gasteiger partial charge in [-0.3, -0.25) is 4.98 Å². The molecule has 1 rings (SSSR count). The van der Waals surface area contributed by atoms with Crippen molar-refractivity contribution in [2.75, 3.05) is 0 Å². The fourth-order valence-electron chi connectivity index (χ4n) is 0.919. The second-order valence-corrected chi connectivity index (χ2v) is 2.48. The number of rotatable bonds is 2. The number of carbonyl (C=O) groups excluding carboxylic acids is 1. The van der Waals surface area contributed by atoms with Crippen LogP contribution in [0.25, 0.3) is 0 Å². The molecular formula is C8H11N3O. The lowest BCUT2D eigenvalue weighted by molar-refractivity contribution is 0.246. The zero-order valence-corrected chi connectivity index (χ0v) is 6.82. The number of nitrogens with two attached hydrogens (primary N) is 1. The van der Waals surface area contributed by atoms with Gasteiger partial charge in [0.1, 0.15) is 0 Å². The first-order valence-corrected chi connectivity index (χ1v) is 3.67.